The average molecular weight is 288 g/mol. The molecule has 0 saturated carbocycles. The number of H-pyrrole nitrogens is 1. The van der Waals surface area contributed by atoms with E-state index in [9.17, 15) is 0 Å². The standard InChI is InChI=1S/C15H24N6/c1-5-6-13-7-14(19-18-13)11-21(4)10-12-8-16-15(17-9-12)20(2)3/h7-9H,5-6,10-11H2,1-4H3,(H,18,19). The molecule has 114 valence electrons. The van der Waals surface area contributed by atoms with Gasteiger partial charge in [-0.15, -0.1) is 0 Å². The van der Waals surface area contributed by atoms with Gasteiger partial charge in [0.05, 0.1) is 5.69 Å². The van der Waals surface area contributed by atoms with Gasteiger partial charge in [0.1, 0.15) is 0 Å². The molecule has 0 amide bonds. The summed E-state index contributed by atoms with van der Waals surface area (Å²) in [5.41, 5.74) is 3.39. The molecule has 0 unspecified atom stereocenters. The number of nitrogens with one attached hydrogen (secondary N) is 1. The summed E-state index contributed by atoms with van der Waals surface area (Å²) in [4.78, 5) is 12.8. The third kappa shape index (κ3) is 4.53. The van der Waals surface area contributed by atoms with E-state index in [1.165, 1.54) is 0 Å². The first-order valence-electron chi connectivity index (χ1n) is 7.28. The predicted molar refractivity (Wildman–Crippen MR) is 84.1 cm³/mol. The molecule has 0 aliphatic carbocycles. The van der Waals surface area contributed by atoms with Crippen molar-refractivity contribution in [2.45, 2.75) is 32.9 Å². The van der Waals surface area contributed by atoms with Gasteiger partial charge < -0.3 is 4.90 Å². The SMILES string of the molecule is CCCc1cc(CN(C)Cc2cnc(N(C)C)nc2)[nH]n1. The summed E-state index contributed by atoms with van der Waals surface area (Å²) in [5.74, 6) is 0.735. The number of rotatable bonds is 7. The van der Waals surface area contributed by atoms with Crippen LogP contribution in [0.15, 0.2) is 18.5 Å². The predicted octanol–water partition coefficient (Wildman–Crippen LogP) is 1.85. The van der Waals surface area contributed by atoms with Crippen molar-refractivity contribution in [2.75, 3.05) is 26.0 Å². The monoisotopic (exact) mass is 288 g/mol. The van der Waals surface area contributed by atoms with Crippen LogP contribution < -0.4 is 4.90 Å². The maximum absolute atomic E-state index is 4.33. The molecular weight excluding hydrogens is 264 g/mol. The van der Waals surface area contributed by atoms with Gasteiger partial charge in [-0.05, 0) is 19.5 Å². The van der Waals surface area contributed by atoms with Crippen molar-refractivity contribution in [1.82, 2.24) is 25.1 Å². The van der Waals surface area contributed by atoms with Gasteiger partial charge in [0.2, 0.25) is 5.95 Å². The molecule has 0 aliphatic rings. The molecule has 0 saturated heterocycles. The number of hydrogen-bond donors (Lipinski definition) is 1. The molecule has 6 heteroatoms. The van der Waals surface area contributed by atoms with E-state index >= 15 is 0 Å². The summed E-state index contributed by atoms with van der Waals surface area (Å²) in [7, 11) is 5.96. The van der Waals surface area contributed by atoms with Crippen LogP contribution >= 0.6 is 0 Å². The van der Waals surface area contributed by atoms with Gasteiger partial charge in [-0.1, -0.05) is 13.3 Å². The van der Waals surface area contributed by atoms with Crippen LogP contribution in [0.1, 0.15) is 30.3 Å². The molecule has 0 bridgehead atoms. The fraction of sp³-hybridized carbons (Fsp3) is 0.533. The van der Waals surface area contributed by atoms with Gasteiger partial charge in [0.25, 0.3) is 0 Å². The van der Waals surface area contributed by atoms with E-state index in [1.54, 1.807) is 0 Å². The van der Waals surface area contributed by atoms with Crippen LogP contribution in [0.5, 0.6) is 0 Å². The lowest BCUT2D eigenvalue weighted by molar-refractivity contribution is 0.314. The van der Waals surface area contributed by atoms with E-state index in [0.29, 0.717) is 0 Å². The molecule has 0 spiro atoms. The van der Waals surface area contributed by atoms with Crippen molar-refractivity contribution < 1.29 is 0 Å². The van der Waals surface area contributed by atoms with Gasteiger partial charge in [-0.25, -0.2) is 9.97 Å². The van der Waals surface area contributed by atoms with Gasteiger partial charge in [-0.3, -0.25) is 10.00 Å². The fourth-order valence-electron chi connectivity index (χ4n) is 2.19. The Labute approximate surface area is 126 Å². The maximum atomic E-state index is 4.33. The van der Waals surface area contributed by atoms with Crippen molar-refractivity contribution in [2.24, 2.45) is 0 Å². The molecule has 0 radical (unpaired) electrons. The van der Waals surface area contributed by atoms with Crippen molar-refractivity contribution in [3.8, 4) is 0 Å². The molecule has 2 rings (SSSR count). The lowest BCUT2D eigenvalue weighted by Gasteiger charge is -2.16. The molecule has 21 heavy (non-hydrogen) atoms. The van der Waals surface area contributed by atoms with Crippen molar-refractivity contribution in [1.29, 1.82) is 0 Å². The molecule has 2 aromatic rings. The topological polar surface area (TPSA) is 60.9 Å². The molecule has 2 aromatic heterocycles. The molecule has 2 heterocycles. The third-order valence-electron chi connectivity index (χ3n) is 3.17. The maximum Gasteiger partial charge on any atom is 0.224 e. The Morgan fingerprint density at radius 3 is 2.43 bits per heavy atom. The number of aromatic amines is 1. The Morgan fingerprint density at radius 1 is 1.10 bits per heavy atom. The lowest BCUT2D eigenvalue weighted by atomic mass is 10.2. The second-order valence-electron chi connectivity index (χ2n) is 5.59. The summed E-state index contributed by atoms with van der Waals surface area (Å²) in [6.45, 7) is 3.82. The van der Waals surface area contributed by atoms with E-state index in [4.69, 9.17) is 0 Å². The van der Waals surface area contributed by atoms with Gasteiger partial charge >= 0.3 is 0 Å². The molecule has 0 atom stereocenters. The summed E-state index contributed by atoms with van der Waals surface area (Å²) in [5, 5.41) is 7.42. The summed E-state index contributed by atoms with van der Waals surface area (Å²) < 4.78 is 0. The van der Waals surface area contributed by atoms with E-state index in [1.807, 2.05) is 31.4 Å². The first-order valence-corrected chi connectivity index (χ1v) is 7.28. The number of aromatic nitrogens is 4. The number of hydrogen-bond acceptors (Lipinski definition) is 5. The van der Waals surface area contributed by atoms with Gasteiger partial charge in [-0.2, -0.15) is 5.10 Å². The smallest absolute Gasteiger partial charge is 0.224 e. The summed E-state index contributed by atoms with van der Waals surface area (Å²) in [6, 6.07) is 2.14. The number of anilines is 1. The molecular formula is C15H24N6. The third-order valence-corrected chi connectivity index (χ3v) is 3.17. The minimum absolute atomic E-state index is 0.735. The Bertz CT molecular complexity index is 546. The molecule has 0 fully saturated rings. The van der Waals surface area contributed by atoms with E-state index < -0.39 is 0 Å². The molecule has 1 N–H and O–H groups in total. The summed E-state index contributed by atoms with van der Waals surface area (Å²) in [6.07, 6.45) is 5.92. The quantitative estimate of drug-likeness (QED) is 0.842. The van der Waals surface area contributed by atoms with Crippen molar-refractivity contribution in [3.63, 3.8) is 0 Å². The minimum atomic E-state index is 0.735. The van der Waals surface area contributed by atoms with Crippen molar-refractivity contribution in [3.05, 3.63) is 35.4 Å². The lowest BCUT2D eigenvalue weighted by Crippen LogP contribution is -2.18. The van der Waals surface area contributed by atoms with Crippen LogP contribution in [0.25, 0.3) is 0 Å². The zero-order valence-corrected chi connectivity index (χ0v) is 13.3. The van der Waals surface area contributed by atoms with Gasteiger partial charge in [0.15, 0.2) is 0 Å². The average Bonchev–Trinajstić information content (AvgIpc) is 2.87. The van der Waals surface area contributed by atoms with Crippen molar-refractivity contribution >= 4 is 5.95 Å². The zero-order chi connectivity index (χ0) is 15.2. The van der Waals surface area contributed by atoms with Crippen LogP contribution in [-0.2, 0) is 19.5 Å². The molecule has 0 aromatic carbocycles. The minimum Gasteiger partial charge on any atom is -0.347 e. The largest absolute Gasteiger partial charge is 0.347 e. The Balaban J connectivity index is 1.89. The van der Waals surface area contributed by atoms with Crippen LogP contribution in [0, 0.1) is 0 Å². The Kier molecular flexibility index (Phi) is 5.27. The van der Waals surface area contributed by atoms with Crippen LogP contribution in [-0.4, -0.2) is 46.2 Å². The van der Waals surface area contributed by atoms with E-state index in [0.717, 1.165) is 48.8 Å². The highest BCUT2D eigenvalue weighted by Crippen LogP contribution is 2.09. The van der Waals surface area contributed by atoms with Gasteiger partial charge in [0, 0.05) is 50.8 Å². The second-order valence-corrected chi connectivity index (χ2v) is 5.59. The van der Waals surface area contributed by atoms with E-state index in [2.05, 4.69) is 45.1 Å². The first kappa shape index (κ1) is 15.4. The molecule has 0 aliphatic heterocycles. The van der Waals surface area contributed by atoms with Crippen LogP contribution in [0.2, 0.25) is 0 Å². The second kappa shape index (κ2) is 7.17. The highest BCUT2D eigenvalue weighted by molar-refractivity contribution is 5.26. The highest BCUT2D eigenvalue weighted by Gasteiger charge is 2.06. The van der Waals surface area contributed by atoms with Crippen LogP contribution in [0.3, 0.4) is 0 Å². The zero-order valence-electron chi connectivity index (χ0n) is 13.3. The van der Waals surface area contributed by atoms with E-state index in [-0.39, 0.29) is 0 Å². The summed E-state index contributed by atoms with van der Waals surface area (Å²) >= 11 is 0. The normalized spacial score (nSPS) is 11.1. The first-order chi connectivity index (χ1) is 10.1. The fourth-order valence-corrected chi connectivity index (χ4v) is 2.19. The number of aryl methyl sites for hydroxylation is 1. The Hall–Kier alpha value is -1.95. The number of nitrogens with zero attached hydrogens (tertiary/aromatic N) is 5. The highest BCUT2D eigenvalue weighted by atomic mass is 15.2. The van der Waals surface area contributed by atoms with Crippen LogP contribution in [0.4, 0.5) is 5.95 Å². The molecule has 6 nitrogen and oxygen atoms in total. The Morgan fingerprint density at radius 2 is 1.81 bits per heavy atom.